The van der Waals surface area contributed by atoms with Crippen LogP contribution < -0.4 is 4.74 Å². The Balaban J connectivity index is 1.47. The van der Waals surface area contributed by atoms with Crippen LogP contribution in [0.1, 0.15) is 47.5 Å². The molecule has 25 heavy (non-hydrogen) atoms. The van der Waals surface area contributed by atoms with Crippen LogP contribution in [0.4, 0.5) is 0 Å². The SMILES string of the molecule is COc1ccc(C(=O)N2CCCC(Cn3cncn3)C2)cc1C1CC1. The van der Waals surface area contributed by atoms with E-state index in [0.29, 0.717) is 11.8 Å². The molecule has 1 aliphatic heterocycles. The molecule has 1 atom stereocenters. The quantitative estimate of drug-likeness (QED) is 0.840. The summed E-state index contributed by atoms with van der Waals surface area (Å²) in [6, 6.07) is 5.88. The predicted molar refractivity (Wildman–Crippen MR) is 93.6 cm³/mol. The number of hydrogen-bond acceptors (Lipinski definition) is 4. The van der Waals surface area contributed by atoms with Gasteiger partial charge in [0.15, 0.2) is 0 Å². The number of hydrogen-bond donors (Lipinski definition) is 0. The summed E-state index contributed by atoms with van der Waals surface area (Å²) in [6.45, 7) is 2.43. The molecule has 6 heteroatoms. The molecule has 1 unspecified atom stereocenters. The number of carbonyl (C=O) groups is 1. The minimum Gasteiger partial charge on any atom is -0.496 e. The molecule has 2 fully saturated rings. The Morgan fingerprint density at radius 3 is 2.92 bits per heavy atom. The number of likely N-dealkylation sites (tertiary alicyclic amines) is 1. The Hall–Kier alpha value is -2.37. The molecule has 1 saturated carbocycles. The second kappa shape index (κ2) is 6.86. The van der Waals surface area contributed by atoms with Gasteiger partial charge in [-0.05, 0) is 61.3 Å². The van der Waals surface area contributed by atoms with Crippen LogP contribution in [0, 0.1) is 5.92 Å². The minimum absolute atomic E-state index is 0.132. The lowest BCUT2D eigenvalue weighted by atomic mass is 9.97. The van der Waals surface area contributed by atoms with E-state index in [-0.39, 0.29) is 5.91 Å². The van der Waals surface area contributed by atoms with Gasteiger partial charge in [0.1, 0.15) is 18.4 Å². The Labute approximate surface area is 147 Å². The lowest BCUT2D eigenvalue weighted by molar-refractivity contribution is 0.0659. The number of benzene rings is 1. The third kappa shape index (κ3) is 3.52. The number of methoxy groups -OCH3 is 1. The fourth-order valence-corrected chi connectivity index (χ4v) is 3.75. The topological polar surface area (TPSA) is 60.2 Å². The molecule has 2 heterocycles. The molecule has 0 bridgehead atoms. The molecule has 1 aliphatic carbocycles. The first-order valence-corrected chi connectivity index (χ1v) is 9.04. The molecule has 132 valence electrons. The lowest BCUT2D eigenvalue weighted by Crippen LogP contribution is -2.41. The van der Waals surface area contributed by atoms with Gasteiger partial charge in [-0.2, -0.15) is 5.10 Å². The first-order valence-electron chi connectivity index (χ1n) is 9.04. The average Bonchev–Trinajstić information content (AvgIpc) is 3.38. The van der Waals surface area contributed by atoms with Gasteiger partial charge < -0.3 is 9.64 Å². The van der Waals surface area contributed by atoms with Gasteiger partial charge in [0.2, 0.25) is 0 Å². The first-order chi connectivity index (χ1) is 12.2. The van der Waals surface area contributed by atoms with Crippen LogP contribution in [0.25, 0.3) is 0 Å². The van der Waals surface area contributed by atoms with Crippen LogP contribution in [0.5, 0.6) is 5.75 Å². The Morgan fingerprint density at radius 2 is 2.20 bits per heavy atom. The fourth-order valence-electron chi connectivity index (χ4n) is 3.75. The summed E-state index contributed by atoms with van der Waals surface area (Å²) < 4.78 is 7.32. The molecule has 0 radical (unpaired) electrons. The number of ether oxygens (including phenoxy) is 1. The molecule has 0 N–H and O–H groups in total. The largest absolute Gasteiger partial charge is 0.496 e. The van der Waals surface area contributed by atoms with Crippen molar-refractivity contribution < 1.29 is 9.53 Å². The fraction of sp³-hybridized carbons (Fsp3) is 0.526. The summed E-state index contributed by atoms with van der Waals surface area (Å²) >= 11 is 0. The van der Waals surface area contributed by atoms with Crippen molar-refractivity contribution in [3.05, 3.63) is 42.0 Å². The highest BCUT2D eigenvalue weighted by Crippen LogP contribution is 2.44. The number of piperidine rings is 1. The maximum Gasteiger partial charge on any atom is 0.253 e. The average molecular weight is 340 g/mol. The van der Waals surface area contributed by atoms with Crippen LogP contribution in [0.15, 0.2) is 30.9 Å². The second-order valence-corrected chi connectivity index (χ2v) is 7.11. The van der Waals surface area contributed by atoms with Crippen LogP contribution in [-0.2, 0) is 6.54 Å². The number of nitrogens with zero attached hydrogens (tertiary/aromatic N) is 4. The molecular weight excluding hydrogens is 316 g/mol. The van der Waals surface area contributed by atoms with Gasteiger partial charge >= 0.3 is 0 Å². The maximum absolute atomic E-state index is 13.0. The summed E-state index contributed by atoms with van der Waals surface area (Å²) in [4.78, 5) is 19.0. The molecule has 1 aromatic heterocycles. The van der Waals surface area contributed by atoms with Crippen molar-refractivity contribution in [2.24, 2.45) is 5.92 Å². The van der Waals surface area contributed by atoms with Crippen molar-refractivity contribution >= 4 is 5.91 Å². The smallest absolute Gasteiger partial charge is 0.253 e. The van der Waals surface area contributed by atoms with Crippen molar-refractivity contribution in [1.29, 1.82) is 0 Å². The molecule has 6 nitrogen and oxygen atoms in total. The number of rotatable bonds is 5. The van der Waals surface area contributed by atoms with Crippen molar-refractivity contribution in [1.82, 2.24) is 19.7 Å². The maximum atomic E-state index is 13.0. The van der Waals surface area contributed by atoms with Gasteiger partial charge in [0, 0.05) is 25.2 Å². The van der Waals surface area contributed by atoms with E-state index in [2.05, 4.69) is 10.1 Å². The van der Waals surface area contributed by atoms with E-state index in [1.54, 1.807) is 19.8 Å². The second-order valence-electron chi connectivity index (χ2n) is 7.11. The molecule has 1 amide bonds. The Morgan fingerprint density at radius 1 is 1.32 bits per heavy atom. The highest BCUT2D eigenvalue weighted by atomic mass is 16.5. The zero-order valence-corrected chi connectivity index (χ0v) is 14.6. The summed E-state index contributed by atoms with van der Waals surface area (Å²) in [7, 11) is 1.70. The molecule has 1 aromatic carbocycles. The van der Waals surface area contributed by atoms with Gasteiger partial charge in [0.05, 0.1) is 7.11 Å². The molecular formula is C19H24N4O2. The van der Waals surface area contributed by atoms with Gasteiger partial charge in [-0.3, -0.25) is 9.48 Å². The molecule has 0 spiro atoms. The summed E-state index contributed by atoms with van der Waals surface area (Å²) in [5, 5.41) is 4.18. The minimum atomic E-state index is 0.132. The predicted octanol–water partition coefficient (Wildman–Crippen LogP) is 2.72. The standard InChI is InChI=1S/C19H24N4O2/c1-25-18-7-6-16(9-17(18)15-4-5-15)19(24)22-8-2-3-14(10-22)11-23-13-20-12-21-23/h6-7,9,12-15H,2-5,8,10-11H2,1H3. The van der Waals surface area contributed by atoms with Gasteiger partial charge in [-0.1, -0.05) is 0 Å². The number of amides is 1. The van der Waals surface area contributed by atoms with Crippen molar-refractivity contribution in [2.75, 3.05) is 20.2 Å². The van der Waals surface area contributed by atoms with Gasteiger partial charge in [-0.25, -0.2) is 4.98 Å². The van der Waals surface area contributed by atoms with E-state index in [4.69, 9.17) is 4.74 Å². The Bertz CT molecular complexity index is 740. The Kier molecular flexibility index (Phi) is 4.42. The molecule has 4 rings (SSSR count). The summed E-state index contributed by atoms with van der Waals surface area (Å²) in [5.41, 5.74) is 1.97. The molecule has 2 aliphatic rings. The van der Waals surface area contributed by atoms with E-state index in [1.165, 1.54) is 18.4 Å². The van der Waals surface area contributed by atoms with Crippen LogP contribution in [0.3, 0.4) is 0 Å². The molecule has 2 aromatic rings. The summed E-state index contributed by atoms with van der Waals surface area (Å²) in [6.07, 6.45) is 7.85. The van der Waals surface area contributed by atoms with E-state index in [1.807, 2.05) is 27.8 Å². The van der Waals surface area contributed by atoms with Crippen molar-refractivity contribution in [2.45, 2.75) is 38.1 Å². The van der Waals surface area contributed by atoms with Crippen molar-refractivity contribution in [3.63, 3.8) is 0 Å². The third-order valence-corrected chi connectivity index (χ3v) is 5.21. The number of carbonyl (C=O) groups excluding carboxylic acids is 1. The monoisotopic (exact) mass is 340 g/mol. The highest BCUT2D eigenvalue weighted by molar-refractivity contribution is 5.94. The summed E-state index contributed by atoms with van der Waals surface area (Å²) in [5.74, 6) is 2.03. The van der Waals surface area contributed by atoms with E-state index in [9.17, 15) is 4.79 Å². The number of aromatic nitrogens is 3. The van der Waals surface area contributed by atoms with E-state index < -0.39 is 0 Å². The van der Waals surface area contributed by atoms with E-state index in [0.717, 1.165) is 43.8 Å². The van der Waals surface area contributed by atoms with Crippen molar-refractivity contribution in [3.8, 4) is 5.75 Å². The van der Waals surface area contributed by atoms with Gasteiger partial charge in [0.25, 0.3) is 5.91 Å². The zero-order chi connectivity index (χ0) is 17.2. The van der Waals surface area contributed by atoms with Crippen LogP contribution in [0.2, 0.25) is 0 Å². The third-order valence-electron chi connectivity index (χ3n) is 5.21. The lowest BCUT2D eigenvalue weighted by Gasteiger charge is -2.33. The van der Waals surface area contributed by atoms with Crippen LogP contribution >= 0.6 is 0 Å². The molecule has 1 saturated heterocycles. The highest BCUT2D eigenvalue weighted by Gasteiger charge is 2.29. The van der Waals surface area contributed by atoms with Crippen LogP contribution in [-0.4, -0.2) is 45.8 Å². The van der Waals surface area contributed by atoms with Gasteiger partial charge in [-0.15, -0.1) is 0 Å². The normalized spacial score (nSPS) is 20.5. The zero-order valence-electron chi connectivity index (χ0n) is 14.6. The van der Waals surface area contributed by atoms with E-state index >= 15 is 0 Å². The first kappa shape index (κ1) is 16.1.